The van der Waals surface area contributed by atoms with E-state index in [9.17, 15) is 24.0 Å². The number of aldehydes is 1. The van der Waals surface area contributed by atoms with Gasteiger partial charge in [0.2, 0.25) is 24.1 Å². The van der Waals surface area contributed by atoms with E-state index in [1.54, 1.807) is 50.2 Å². The van der Waals surface area contributed by atoms with Gasteiger partial charge in [-0.1, -0.05) is 64.4 Å². The first kappa shape index (κ1) is 33.2. The van der Waals surface area contributed by atoms with Crippen molar-refractivity contribution >= 4 is 30.4 Å². The third-order valence-electron chi connectivity index (χ3n) is 7.05. The van der Waals surface area contributed by atoms with Crippen LogP contribution in [0.2, 0.25) is 0 Å². The molecule has 41 heavy (non-hydrogen) atoms. The Bertz CT molecular complexity index is 1150. The summed E-state index contributed by atoms with van der Waals surface area (Å²) in [6.07, 6.45) is 1.12. The number of carbonyl (C=O) groups is 5. The van der Waals surface area contributed by atoms with Gasteiger partial charge in [0.15, 0.2) is 0 Å². The van der Waals surface area contributed by atoms with Crippen molar-refractivity contribution < 1.29 is 28.7 Å². The maximum Gasteiger partial charge on any atom is 0.249 e. The zero-order valence-electron chi connectivity index (χ0n) is 24.6. The van der Waals surface area contributed by atoms with E-state index in [0.29, 0.717) is 30.4 Å². The molecule has 0 aliphatic heterocycles. The number of nitrogens with zero attached hydrogens (tertiary/aromatic N) is 1. The van der Waals surface area contributed by atoms with Crippen molar-refractivity contribution in [2.75, 3.05) is 14.1 Å². The Labute approximate surface area is 242 Å². The third-order valence-corrected chi connectivity index (χ3v) is 7.05. The van der Waals surface area contributed by atoms with Gasteiger partial charge in [-0.25, -0.2) is 0 Å². The standard InChI is InChI=1S/C31H42N4O6/c1-7-21(4)26(30(39)32-19-37)33-31(40)27(28(20(2)3)41-24-15-13-23(18-36)14-16-24)34-29(38)25(35(5)6)17-22-11-9-8-10-12-22/h8-16,18-21,25-28H,7,17H2,1-6H3,(H,33,40)(H,34,38)(H,32,37,39)/t21-,25+,26+,27+,28+/m1/s1. The second-order valence-corrected chi connectivity index (χ2v) is 10.7. The lowest BCUT2D eigenvalue weighted by Gasteiger charge is -2.34. The van der Waals surface area contributed by atoms with Crippen LogP contribution in [0.4, 0.5) is 0 Å². The molecule has 10 heteroatoms. The lowest BCUT2D eigenvalue weighted by molar-refractivity contribution is -0.137. The number of nitrogens with one attached hydrogen (secondary N) is 3. The molecule has 0 saturated heterocycles. The Balaban J connectivity index is 2.46. The Morgan fingerprint density at radius 1 is 0.854 bits per heavy atom. The van der Waals surface area contributed by atoms with E-state index in [2.05, 4.69) is 16.0 Å². The molecule has 2 aromatic rings. The first-order valence-electron chi connectivity index (χ1n) is 13.8. The van der Waals surface area contributed by atoms with Crippen molar-refractivity contribution in [1.82, 2.24) is 20.9 Å². The first-order valence-corrected chi connectivity index (χ1v) is 13.8. The maximum absolute atomic E-state index is 13.9. The van der Waals surface area contributed by atoms with E-state index in [1.165, 1.54) is 0 Å². The maximum atomic E-state index is 13.9. The summed E-state index contributed by atoms with van der Waals surface area (Å²) in [6, 6.07) is 13.2. The van der Waals surface area contributed by atoms with Crippen LogP contribution < -0.4 is 20.7 Å². The van der Waals surface area contributed by atoms with Gasteiger partial charge in [-0.15, -0.1) is 0 Å². The van der Waals surface area contributed by atoms with Crippen LogP contribution >= 0.6 is 0 Å². The molecule has 0 unspecified atom stereocenters. The average molecular weight is 567 g/mol. The minimum Gasteiger partial charge on any atom is -0.487 e. The van der Waals surface area contributed by atoms with Crippen LogP contribution in [0.3, 0.4) is 0 Å². The molecule has 10 nitrogen and oxygen atoms in total. The molecule has 2 rings (SSSR count). The zero-order valence-corrected chi connectivity index (χ0v) is 24.6. The topological polar surface area (TPSA) is 134 Å². The van der Waals surface area contributed by atoms with Crippen molar-refractivity contribution in [2.45, 2.75) is 64.8 Å². The largest absolute Gasteiger partial charge is 0.487 e. The van der Waals surface area contributed by atoms with Gasteiger partial charge in [-0.2, -0.15) is 0 Å². The van der Waals surface area contributed by atoms with E-state index in [-0.39, 0.29) is 24.2 Å². The summed E-state index contributed by atoms with van der Waals surface area (Å²) in [5.41, 5.74) is 1.42. The molecule has 4 amide bonds. The number of imide groups is 1. The van der Waals surface area contributed by atoms with Crippen LogP contribution in [0.5, 0.6) is 5.75 Å². The Hall–Kier alpha value is -4.05. The van der Waals surface area contributed by atoms with Crippen molar-refractivity contribution in [3.05, 3.63) is 65.7 Å². The lowest BCUT2D eigenvalue weighted by atomic mass is 9.94. The average Bonchev–Trinajstić information content (AvgIpc) is 2.96. The second kappa shape index (κ2) is 16.3. The van der Waals surface area contributed by atoms with Gasteiger partial charge in [-0.3, -0.25) is 34.2 Å². The van der Waals surface area contributed by atoms with Crippen molar-refractivity contribution in [2.24, 2.45) is 11.8 Å². The molecule has 2 aromatic carbocycles. The summed E-state index contributed by atoms with van der Waals surface area (Å²) >= 11 is 0. The molecule has 0 aliphatic carbocycles. The predicted octanol–water partition coefficient (Wildman–Crippen LogP) is 2.36. The van der Waals surface area contributed by atoms with E-state index in [0.717, 1.165) is 5.56 Å². The highest BCUT2D eigenvalue weighted by molar-refractivity contribution is 5.96. The minimum absolute atomic E-state index is 0.255. The molecular weight excluding hydrogens is 524 g/mol. The molecule has 3 N–H and O–H groups in total. The summed E-state index contributed by atoms with van der Waals surface area (Å²) in [6.45, 7) is 7.37. The lowest BCUT2D eigenvalue weighted by Crippen LogP contribution is -2.62. The number of ether oxygens (including phenoxy) is 1. The highest BCUT2D eigenvalue weighted by atomic mass is 16.5. The molecule has 0 saturated carbocycles. The number of carbonyl (C=O) groups excluding carboxylic acids is 5. The number of hydrogen-bond acceptors (Lipinski definition) is 7. The highest BCUT2D eigenvalue weighted by Gasteiger charge is 2.38. The minimum atomic E-state index is -1.19. The number of rotatable bonds is 16. The second-order valence-electron chi connectivity index (χ2n) is 10.7. The third kappa shape index (κ3) is 9.82. The fraction of sp³-hybridized carbons (Fsp3) is 0.452. The van der Waals surface area contributed by atoms with Crippen LogP contribution in [0.25, 0.3) is 0 Å². The van der Waals surface area contributed by atoms with Crippen LogP contribution in [0, 0.1) is 11.8 Å². The van der Waals surface area contributed by atoms with E-state index >= 15 is 0 Å². The Morgan fingerprint density at radius 3 is 1.98 bits per heavy atom. The summed E-state index contributed by atoms with van der Waals surface area (Å²) in [5, 5.41) is 7.77. The highest BCUT2D eigenvalue weighted by Crippen LogP contribution is 2.20. The SMILES string of the molecule is CC[C@@H](C)[C@H](NC(=O)[C@@H](NC(=O)[C@H](Cc1ccccc1)N(C)C)[C@@H](Oc1ccc(C=O)cc1)C(C)C)C(=O)NC=O. The van der Waals surface area contributed by atoms with Crippen LogP contribution in [-0.2, 0) is 25.6 Å². The van der Waals surface area contributed by atoms with Gasteiger partial charge >= 0.3 is 0 Å². The van der Waals surface area contributed by atoms with E-state index in [4.69, 9.17) is 4.74 Å². The van der Waals surface area contributed by atoms with Crippen molar-refractivity contribution in [3.63, 3.8) is 0 Å². The molecular formula is C31H42N4O6. The smallest absolute Gasteiger partial charge is 0.249 e. The molecule has 0 spiro atoms. The number of hydrogen-bond donors (Lipinski definition) is 3. The van der Waals surface area contributed by atoms with Gasteiger partial charge in [-0.05, 0) is 62.2 Å². The molecule has 0 fully saturated rings. The first-order chi connectivity index (χ1) is 19.5. The molecule has 0 bridgehead atoms. The Kier molecular flexibility index (Phi) is 13.2. The number of likely N-dealkylation sites (N-methyl/N-ethyl adjacent to an activating group) is 1. The van der Waals surface area contributed by atoms with Crippen LogP contribution in [0.1, 0.15) is 50.0 Å². The molecule has 0 aromatic heterocycles. The van der Waals surface area contributed by atoms with Crippen molar-refractivity contribution in [3.8, 4) is 5.75 Å². The van der Waals surface area contributed by atoms with Crippen LogP contribution in [0.15, 0.2) is 54.6 Å². The Morgan fingerprint density at radius 2 is 1.46 bits per heavy atom. The van der Waals surface area contributed by atoms with Gasteiger partial charge in [0.05, 0.1) is 6.04 Å². The van der Waals surface area contributed by atoms with E-state index < -0.39 is 36.0 Å². The molecule has 0 radical (unpaired) electrons. The fourth-order valence-electron chi connectivity index (χ4n) is 4.36. The normalized spacial score (nSPS) is 14.7. The predicted molar refractivity (Wildman–Crippen MR) is 156 cm³/mol. The summed E-state index contributed by atoms with van der Waals surface area (Å²) in [5.74, 6) is -1.79. The quantitative estimate of drug-likeness (QED) is 0.266. The fourth-order valence-corrected chi connectivity index (χ4v) is 4.36. The van der Waals surface area contributed by atoms with Gasteiger partial charge in [0.25, 0.3) is 0 Å². The van der Waals surface area contributed by atoms with Gasteiger partial charge in [0, 0.05) is 5.56 Å². The zero-order chi connectivity index (χ0) is 30.5. The molecule has 222 valence electrons. The van der Waals surface area contributed by atoms with Crippen LogP contribution in [-0.4, -0.2) is 73.6 Å². The van der Waals surface area contributed by atoms with Crippen molar-refractivity contribution in [1.29, 1.82) is 0 Å². The summed E-state index contributed by atoms with van der Waals surface area (Å²) in [4.78, 5) is 64.1. The molecule has 0 aliphatic rings. The summed E-state index contributed by atoms with van der Waals surface area (Å²) in [7, 11) is 3.58. The summed E-state index contributed by atoms with van der Waals surface area (Å²) < 4.78 is 6.23. The monoisotopic (exact) mass is 566 g/mol. The number of amides is 4. The van der Waals surface area contributed by atoms with E-state index in [1.807, 2.05) is 51.1 Å². The molecule has 5 atom stereocenters. The number of benzene rings is 2. The molecule has 0 heterocycles. The van der Waals surface area contributed by atoms with Gasteiger partial charge < -0.3 is 15.4 Å². The van der Waals surface area contributed by atoms with Gasteiger partial charge in [0.1, 0.15) is 30.2 Å².